The number of nitrogens with zero attached hydrogens (tertiary/aromatic N) is 1. The smallest absolute Gasteiger partial charge is 0.225 e. The minimum atomic E-state index is -0.120. The summed E-state index contributed by atoms with van der Waals surface area (Å²) in [6.45, 7) is 2.04. The first-order valence-corrected chi connectivity index (χ1v) is 9.14. The first-order valence-electron chi connectivity index (χ1n) is 7.34. The molecule has 1 amide bonds. The van der Waals surface area contributed by atoms with E-state index in [2.05, 4.69) is 11.4 Å². The van der Waals surface area contributed by atoms with Crippen LogP contribution in [0.3, 0.4) is 0 Å². The summed E-state index contributed by atoms with van der Waals surface area (Å²) in [5.74, 6) is 0.596. The Labute approximate surface area is 144 Å². The molecule has 2 aromatic rings. The van der Waals surface area contributed by atoms with E-state index in [0.717, 1.165) is 10.6 Å². The van der Waals surface area contributed by atoms with Crippen LogP contribution in [-0.4, -0.2) is 5.91 Å². The van der Waals surface area contributed by atoms with Crippen LogP contribution in [0.5, 0.6) is 0 Å². The monoisotopic (exact) mass is 340 g/mol. The zero-order valence-corrected chi connectivity index (χ0v) is 14.3. The third-order valence-electron chi connectivity index (χ3n) is 3.69. The van der Waals surface area contributed by atoms with Gasteiger partial charge in [-0.15, -0.1) is 23.1 Å². The third kappa shape index (κ3) is 3.66. The highest BCUT2D eigenvalue weighted by Crippen LogP contribution is 2.39. The number of hydrogen-bond acceptors (Lipinski definition) is 4. The van der Waals surface area contributed by atoms with E-state index in [-0.39, 0.29) is 11.8 Å². The van der Waals surface area contributed by atoms with Crippen molar-refractivity contribution in [2.75, 3.05) is 0 Å². The van der Waals surface area contributed by atoms with Gasteiger partial charge in [0.25, 0.3) is 0 Å². The van der Waals surface area contributed by atoms with Crippen LogP contribution in [0, 0.1) is 18.3 Å². The molecule has 0 aliphatic carbocycles. The number of nitrogens with one attached hydrogen (secondary N) is 1. The van der Waals surface area contributed by atoms with Gasteiger partial charge in [0, 0.05) is 27.8 Å². The molecule has 1 unspecified atom stereocenters. The average molecular weight is 340 g/mol. The Kier molecular flexibility index (Phi) is 4.85. The van der Waals surface area contributed by atoms with Crippen LogP contribution in [0.2, 0.25) is 0 Å². The molecule has 3 nitrogen and oxygen atoms in total. The number of thioether (sulfide) groups is 1. The van der Waals surface area contributed by atoms with Crippen LogP contribution in [0.1, 0.15) is 27.7 Å². The van der Waals surface area contributed by atoms with Gasteiger partial charge in [-0.2, -0.15) is 5.26 Å². The number of carbonyl (C=O) groups excluding carboxylic acids is 1. The van der Waals surface area contributed by atoms with Crippen LogP contribution in [-0.2, 0) is 10.5 Å². The summed E-state index contributed by atoms with van der Waals surface area (Å²) in [7, 11) is 0. The fourth-order valence-corrected chi connectivity index (χ4v) is 4.57. The van der Waals surface area contributed by atoms with Gasteiger partial charge >= 0.3 is 0 Å². The molecule has 5 heteroatoms. The topological polar surface area (TPSA) is 52.9 Å². The predicted molar refractivity (Wildman–Crippen MR) is 94.9 cm³/mol. The maximum absolute atomic E-state index is 12.1. The highest BCUT2D eigenvalue weighted by molar-refractivity contribution is 8.02. The van der Waals surface area contributed by atoms with Crippen molar-refractivity contribution in [3.8, 4) is 6.07 Å². The lowest BCUT2D eigenvalue weighted by Gasteiger charge is -2.24. The van der Waals surface area contributed by atoms with Crippen LogP contribution in [0.15, 0.2) is 53.1 Å². The lowest BCUT2D eigenvalue weighted by molar-refractivity contribution is -0.120. The standard InChI is InChI=1S/C18H16N2OS2/c1-12-7-8-16(23-12)14-9-17(21)20-18(15(14)10-19)22-11-13-5-3-2-4-6-13/h2-8,14H,9,11H2,1H3,(H,20,21). The number of allylic oxidation sites excluding steroid dienone is 1. The Balaban J connectivity index is 1.87. The first-order chi connectivity index (χ1) is 11.2. The van der Waals surface area contributed by atoms with Gasteiger partial charge in [-0.25, -0.2) is 0 Å². The van der Waals surface area contributed by atoms with Crippen molar-refractivity contribution in [1.29, 1.82) is 5.26 Å². The van der Waals surface area contributed by atoms with E-state index in [9.17, 15) is 10.1 Å². The molecule has 1 atom stereocenters. The normalized spacial score (nSPS) is 17.7. The number of benzene rings is 1. The Bertz CT molecular complexity index is 787. The first kappa shape index (κ1) is 15.9. The van der Waals surface area contributed by atoms with Crippen molar-refractivity contribution >= 4 is 29.0 Å². The number of hydrogen-bond donors (Lipinski definition) is 1. The fourth-order valence-electron chi connectivity index (χ4n) is 2.55. The van der Waals surface area contributed by atoms with Crippen molar-refractivity contribution in [2.45, 2.75) is 25.0 Å². The summed E-state index contributed by atoms with van der Waals surface area (Å²) in [5.41, 5.74) is 1.85. The molecule has 3 rings (SSSR count). The quantitative estimate of drug-likeness (QED) is 0.901. The molecule has 116 valence electrons. The number of rotatable bonds is 4. The van der Waals surface area contributed by atoms with Crippen molar-refractivity contribution < 1.29 is 4.79 Å². The summed E-state index contributed by atoms with van der Waals surface area (Å²) in [6, 6.07) is 16.4. The lowest BCUT2D eigenvalue weighted by Crippen LogP contribution is -2.30. The number of nitriles is 1. The fraction of sp³-hybridized carbons (Fsp3) is 0.222. The van der Waals surface area contributed by atoms with Crippen molar-refractivity contribution in [2.24, 2.45) is 0 Å². The van der Waals surface area contributed by atoms with Crippen LogP contribution >= 0.6 is 23.1 Å². The molecule has 0 bridgehead atoms. The van der Waals surface area contributed by atoms with Crippen molar-refractivity contribution in [1.82, 2.24) is 5.32 Å². The van der Waals surface area contributed by atoms with Gasteiger partial charge in [-0.05, 0) is 24.6 Å². The Morgan fingerprint density at radius 2 is 2.09 bits per heavy atom. The van der Waals surface area contributed by atoms with Gasteiger partial charge in [0.1, 0.15) is 0 Å². The molecule has 1 aliphatic heterocycles. The van der Waals surface area contributed by atoms with Gasteiger partial charge < -0.3 is 5.32 Å². The zero-order chi connectivity index (χ0) is 16.2. The second-order valence-electron chi connectivity index (χ2n) is 5.38. The highest BCUT2D eigenvalue weighted by atomic mass is 32.2. The molecule has 0 spiro atoms. The highest BCUT2D eigenvalue weighted by Gasteiger charge is 2.30. The van der Waals surface area contributed by atoms with Gasteiger partial charge in [-0.3, -0.25) is 4.79 Å². The molecule has 1 aliphatic rings. The summed E-state index contributed by atoms with van der Waals surface area (Å²) < 4.78 is 0. The Morgan fingerprint density at radius 1 is 1.30 bits per heavy atom. The molecule has 1 aromatic heterocycles. The summed E-state index contributed by atoms with van der Waals surface area (Å²) in [4.78, 5) is 14.4. The number of carbonyl (C=O) groups is 1. The molecule has 1 aromatic carbocycles. The molecule has 23 heavy (non-hydrogen) atoms. The number of aryl methyl sites for hydroxylation is 1. The van der Waals surface area contributed by atoms with Crippen LogP contribution in [0.4, 0.5) is 0 Å². The van der Waals surface area contributed by atoms with E-state index in [1.54, 1.807) is 11.3 Å². The minimum absolute atomic E-state index is 0.0179. The SMILES string of the molecule is Cc1ccc(C2CC(=O)NC(SCc3ccccc3)=C2C#N)s1. The van der Waals surface area contributed by atoms with Gasteiger partial charge in [0.15, 0.2) is 0 Å². The second kappa shape index (κ2) is 7.03. The molecule has 0 radical (unpaired) electrons. The van der Waals surface area contributed by atoms with E-state index < -0.39 is 0 Å². The summed E-state index contributed by atoms with van der Waals surface area (Å²) >= 11 is 3.18. The van der Waals surface area contributed by atoms with E-state index in [1.807, 2.05) is 49.4 Å². The van der Waals surface area contributed by atoms with Crippen LogP contribution < -0.4 is 5.32 Å². The minimum Gasteiger partial charge on any atom is -0.320 e. The maximum atomic E-state index is 12.1. The number of thiophene rings is 1. The predicted octanol–water partition coefficient (Wildman–Crippen LogP) is 4.33. The van der Waals surface area contributed by atoms with Gasteiger partial charge in [0.2, 0.25) is 5.91 Å². The second-order valence-corrected chi connectivity index (χ2v) is 7.69. The zero-order valence-electron chi connectivity index (χ0n) is 12.7. The molecule has 0 saturated carbocycles. The lowest BCUT2D eigenvalue weighted by atomic mass is 9.92. The molecule has 0 saturated heterocycles. The molecule has 2 heterocycles. The third-order valence-corrected chi connectivity index (χ3v) is 5.89. The van der Waals surface area contributed by atoms with E-state index in [4.69, 9.17) is 0 Å². The summed E-state index contributed by atoms with van der Waals surface area (Å²) in [5, 5.41) is 13.2. The van der Waals surface area contributed by atoms with Gasteiger partial charge in [-0.1, -0.05) is 30.3 Å². The van der Waals surface area contributed by atoms with Crippen LogP contribution in [0.25, 0.3) is 0 Å². The molecular formula is C18H16N2OS2. The molecular weight excluding hydrogens is 324 g/mol. The van der Waals surface area contributed by atoms with Crippen molar-refractivity contribution in [3.05, 3.63) is 68.4 Å². The average Bonchev–Trinajstić information content (AvgIpc) is 2.99. The molecule has 0 fully saturated rings. The largest absolute Gasteiger partial charge is 0.320 e. The van der Waals surface area contributed by atoms with Gasteiger partial charge in [0.05, 0.1) is 16.7 Å². The van der Waals surface area contributed by atoms with E-state index >= 15 is 0 Å². The van der Waals surface area contributed by atoms with E-state index in [1.165, 1.54) is 22.2 Å². The summed E-state index contributed by atoms with van der Waals surface area (Å²) in [6.07, 6.45) is 0.345. The van der Waals surface area contributed by atoms with Crippen molar-refractivity contribution in [3.63, 3.8) is 0 Å². The van der Waals surface area contributed by atoms with E-state index in [0.29, 0.717) is 17.0 Å². The maximum Gasteiger partial charge on any atom is 0.225 e. The Hall–Kier alpha value is -2.03. The molecule has 1 N–H and O–H groups in total. The Morgan fingerprint density at radius 3 is 2.74 bits per heavy atom. The number of amides is 1.